The van der Waals surface area contributed by atoms with Crippen LogP contribution in [0.3, 0.4) is 0 Å². The summed E-state index contributed by atoms with van der Waals surface area (Å²) in [6.07, 6.45) is -0.0645. The summed E-state index contributed by atoms with van der Waals surface area (Å²) in [4.78, 5) is 34.5. The van der Waals surface area contributed by atoms with E-state index in [9.17, 15) is 18.8 Å². The second-order valence-corrected chi connectivity index (χ2v) is 5.48. The second-order valence-electron chi connectivity index (χ2n) is 5.48. The number of hydrogen-bond donors (Lipinski definition) is 3. The van der Waals surface area contributed by atoms with Crippen LogP contribution in [0.1, 0.15) is 31.2 Å². The van der Waals surface area contributed by atoms with Crippen molar-refractivity contribution in [1.29, 1.82) is 0 Å². The fourth-order valence-corrected chi connectivity index (χ4v) is 2.44. The van der Waals surface area contributed by atoms with E-state index in [0.29, 0.717) is 11.3 Å². The summed E-state index contributed by atoms with van der Waals surface area (Å²) in [5.41, 5.74) is 0.861. The van der Waals surface area contributed by atoms with E-state index in [2.05, 4.69) is 10.6 Å². The minimum atomic E-state index is -0.931. The lowest BCUT2D eigenvalue weighted by molar-refractivity contribution is -0.138. The lowest BCUT2D eigenvalue weighted by Crippen LogP contribution is -2.37. The number of halogens is 1. The van der Waals surface area contributed by atoms with Gasteiger partial charge >= 0.3 is 5.97 Å². The van der Waals surface area contributed by atoms with E-state index < -0.39 is 17.7 Å². The van der Waals surface area contributed by atoms with Crippen molar-refractivity contribution in [2.24, 2.45) is 5.92 Å². The van der Waals surface area contributed by atoms with Crippen molar-refractivity contribution in [2.75, 3.05) is 11.9 Å². The Kier molecular flexibility index (Phi) is 4.75. The van der Waals surface area contributed by atoms with Crippen molar-refractivity contribution < 1.29 is 23.9 Å². The maximum atomic E-state index is 13.2. The zero-order valence-corrected chi connectivity index (χ0v) is 12.1. The first-order chi connectivity index (χ1) is 10.4. The molecule has 6 nitrogen and oxygen atoms in total. The van der Waals surface area contributed by atoms with Crippen molar-refractivity contribution in [3.63, 3.8) is 0 Å². The molecular weight excluding hydrogens is 291 g/mol. The van der Waals surface area contributed by atoms with Crippen LogP contribution >= 0.6 is 0 Å². The molecule has 2 amide bonds. The molecule has 3 N–H and O–H groups in total. The van der Waals surface area contributed by atoms with E-state index in [-0.39, 0.29) is 37.1 Å². The number of nitrogens with one attached hydrogen (secondary N) is 2. The third kappa shape index (κ3) is 3.81. The number of carboxylic acid groups (broad SMARTS) is 1. The van der Waals surface area contributed by atoms with Gasteiger partial charge in [0.05, 0.1) is 5.92 Å². The van der Waals surface area contributed by atoms with Crippen LogP contribution in [-0.2, 0) is 14.4 Å². The molecule has 7 heteroatoms. The van der Waals surface area contributed by atoms with Gasteiger partial charge in [-0.1, -0.05) is 13.0 Å². The average Bonchev–Trinajstić information content (AvgIpc) is 2.42. The first kappa shape index (κ1) is 15.9. The van der Waals surface area contributed by atoms with E-state index in [1.54, 1.807) is 6.92 Å². The quantitative estimate of drug-likeness (QED) is 0.767. The standard InChI is InChI=1S/C15H17FN2O4/c1-8(4-14(20)21)7-17-15(22)11-6-13(19)18-12-5-9(16)2-3-10(11)12/h2-3,5,8,11H,4,6-7H2,1H3,(H,17,22)(H,18,19)(H,20,21). The maximum absolute atomic E-state index is 13.2. The molecule has 1 heterocycles. The number of rotatable bonds is 5. The normalized spacial score (nSPS) is 18.1. The van der Waals surface area contributed by atoms with Gasteiger partial charge < -0.3 is 15.7 Å². The van der Waals surface area contributed by atoms with E-state index in [1.807, 2.05) is 0 Å². The number of amides is 2. The van der Waals surface area contributed by atoms with Crippen molar-refractivity contribution >= 4 is 23.5 Å². The van der Waals surface area contributed by atoms with Crippen LogP contribution in [0, 0.1) is 11.7 Å². The molecule has 0 aromatic heterocycles. The Morgan fingerprint density at radius 1 is 1.50 bits per heavy atom. The summed E-state index contributed by atoms with van der Waals surface area (Å²) in [6.45, 7) is 1.92. The van der Waals surface area contributed by atoms with Gasteiger partial charge in [0.25, 0.3) is 0 Å². The Morgan fingerprint density at radius 2 is 2.23 bits per heavy atom. The highest BCUT2D eigenvalue weighted by Gasteiger charge is 2.30. The topological polar surface area (TPSA) is 95.5 Å². The number of carbonyl (C=O) groups excluding carboxylic acids is 2. The van der Waals surface area contributed by atoms with Crippen molar-refractivity contribution in [1.82, 2.24) is 5.32 Å². The molecular formula is C15H17FN2O4. The van der Waals surface area contributed by atoms with Crippen molar-refractivity contribution in [2.45, 2.75) is 25.7 Å². The number of carbonyl (C=O) groups is 3. The summed E-state index contributed by atoms with van der Waals surface area (Å²) < 4.78 is 13.2. The molecule has 1 aliphatic heterocycles. The monoisotopic (exact) mass is 308 g/mol. The highest BCUT2D eigenvalue weighted by atomic mass is 19.1. The predicted octanol–water partition coefficient (Wildman–Crippen LogP) is 1.48. The first-order valence-electron chi connectivity index (χ1n) is 6.95. The zero-order valence-electron chi connectivity index (χ0n) is 12.1. The van der Waals surface area contributed by atoms with Crippen LogP contribution in [0.25, 0.3) is 0 Å². The van der Waals surface area contributed by atoms with Gasteiger partial charge in [0.2, 0.25) is 11.8 Å². The number of aliphatic carboxylic acids is 1. The predicted molar refractivity (Wildman–Crippen MR) is 76.8 cm³/mol. The van der Waals surface area contributed by atoms with Crippen LogP contribution in [-0.4, -0.2) is 29.4 Å². The molecule has 0 saturated carbocycles. The van der Waals surface area contributed by atoms with Gasteiger partial charge in [-0.2, -0.15) is 0 Å². The van der Waals surface area contributed by atoms with Crippen molar-refractivity contribution in [3.8, 4) is 0 Å². The molecule has 0 bridgehead atoms. The summed E-state index contributed by atoms with van der Waals surface area (Å²) in [5, 5.41) is 13.9. The Hall–Kier alpha value is -2.44. The molecule has 1 aliphatic rings. The molecule has 1 aromatic rings. The minimum absolute atomic E-state index is 0.0161. The Balaban J connectivity index is 2.07. The van der Waals surface area contributed by atoms with Gasteiger partial charge in [-0.25, -0.2) is 4.39 Å². The summed E-state index contributed by atoms with van der Waals surface area (Å²) in [5.74, 6) is -3.04. The SMILES string of the molecule is CC(CNC(=O)C1CC(=O)Nc2cc(F)ccc21)CC(=O)O. The molecule has 0 fully saturated rings. The number of benzene rings is 1. The molecule has 0 radical (unpaired) electrons. The largest absolute Gasteiger partial charge is 0.481 e. The van der Waals surface area contributed by atoms with Crippen LogP contribution in [0.5, 0.6) is 0 Å². The van der Waals surface area contributed by atoms with E-state index >= 15 is 0 Å². The third-order valence-electron chi connectivity index (χ3n) is 3.52. The molecule has 22 heavy (non-hydrogen) atoms. The van der Waals surface area contributed by atoms with Crippen LogP contribution in [0.4, 0.5) is 10.1 Å². The fraction of sp³-hybridized carbons (Fsp3) is 0.400. The van der Waals surface area contributed by atoms with E-state index in [4.69, 9.17) is 5.11 Å². The summed E-state index contributed by atoms with van der Waals surface area (Å²) in [7, 11) is 0. The molecule has 0 saturated heterocycles. The van der Waals surface area contributed by atoms with Crippen LogP contribution in [0.15, 0.2) is 18.2 Å². The molecule has 1 aromatic carbocycles. The highest BCUT2D eigenvalue weighted by molar-refractivity contribution is 6.01. The van der Waals surface area contributed by atoms with Gasteiger partial charge in [-0.15, -0.1) is 0 Å². The average molecular weight is 308 g/mol. The van der Waals surface area contributed by atoms with E-state index in [1.165, 1.54) is 18.2 Å². The Labute approximate surface area is 126 Å². The molecule has 2 unspecified atom stereocenters. The van der Waals surface area contributed by atoms with Gasteiger partial charge in [0.15, 0.2) is 0 Å². The Bertz CT molecular complexity index is 618. The minimum Gasteiger partial charge on any atom is -0.481 e. The molecule has 0 aliphatic carbocycles. The van der Waals surface area contributed by atoms with Crippen LogP contribution < -0.4 is 10.6 Å². The second kappa shape index (κ2) is 6.55. The van der Waals surface area contributed by atoms with Gasteiger partial charge in [0.1, 0.15) is 5.82 Å². The van der Waals surface area contributed by atoms with Gasteiger partial charge in [-0.05, 0) is 23.6 Å². The lowest BCUT2D eigenvalue weighted by atomic mass is 9.89. The lowest BCUT2D eigenvalue weighted by Gasteiger charge is -2.25. The summed E-state index contributed by atoms with van der Waals surface area (Å²) >= 11 is 0. The highest BCUT2D eigenvalue weighted by Crippen LogP contribution is 2.32. The number of anilines is 1. The summed E-state index contributed by atoms with van der Waals surface area (Å²) in [6, 6.07) is 3.90. The number of hydrogen-bond acceptors (Lipinski definition) is 3. The van der Waals surface area contributed by atoms with E-state index in [0.717, 1.165) is 0 Å². The molecule has 118 valence electrons. The number of fused-ring (bicyclic) bond motifs is 1. The molecule has 0 spiro atoms. The van der Waals surface area contributed by atoms with Gasteiger partial charge in [0, 0.05) is 25.1 Å². The number of carboxylic acids is 1. The Morgan fingerprint density at radius 3 is 2.91 bits per heavy atom. The third-order valence-corrected chi connectivity index (χ3v) is 3.52. The van der Waals surface area contributed by atoms with Gasteiger partial charge in [-0.3, -0.25) is 14.4 Å². The fourth-order valence-electron chi connectivity index (χ4n) is 2.44. The maximum Gasteiger partial charge on any atom is 0.303 e. The smallest absolute Gasteiger partial charge is 0.303 e. The van der Waals surface area contributed by atoms with Crippen molar-refractivity contribution in [3.05, 3.63) is 29.6 Å². The first-order valence-corrected chi connectivity index (χ1v) is 6.95. The zero-order chi connectivity index (χ0) is 16.3. The molecule has 2 atom stereocenters. The van der Waals surface area contributed by atoms with Crippen LogP contribution in [0.2, 0.25) is 0 Å². The molecule has 2 rings (SSSR count).